The summed E-state index contributed by atoms with van der Waals surface area (Å²) in [6.45, 7) is 8.66. The van der Waals surface area contributed by atoms with E-state index in [-0.39, 0.29) is 24.9 Å². The lowest BCUT2D eigenvalue weighted by molar-refractivity contribution is -0.146. The van der Waals surface area contributed by atoms with Gasteiger partial charge in [-0.15, -0.1) is 0 Å². The Morgan fingerprint density at radius 1 is 1.30 bits per heavy atom. The van der Waals surface area contributed by atoms with Crippen LogP contribution in [0, 0.1) is 5.92 Å². The van der Waals surface area contributed by atoms with Gasteiger partial charge >= 0.3 is 14.5 Å². The summed E-state index contributed by atoms with van der Waals surface area (Å²) < 4.78 is 25.8. The number of fused-ring (bicyclic) bond motifs is 1. The number of nitrogens with zero attached hydrogens (tertiary/aromatic N) is 4. The molecule has 1 aromatic carbocycles. The standard InChI is InChI=1S/C26H36ClN6O5PS/c1-7-33(31-40-6)23-21-12-13-32(22(21)28-16-29-23)24-17(2)14-20(37-24)15-36-39(30-26(3,4)25(34)35-5)38-19-10-8-18(27)9-11-19/h8-13,16-17,20,24,30-31H,7,14-15H2,1-6H3/t17?,20?,24-,39?/m1/s1. The van der Waals surface area contributed by atoms with E-state index in [1.165, 1.54) is 19.1 Å². The Kier molecular flexibility index (Phi) is 10.5. The molecule has 40 heavy (non-hydrogen) atoms. The molecule has 2 aromatic heterocycles. The van der Waals surface area contributed by atoms with Crippen molar-refractivity contribution in [1.29, 1.82) is 0 Å². The summed E-state index contributed by atoms with van der Waals surface area (Å²) in [4.78, 5) is 24.7. The summed E-state index contributed by atoms with van der Waals surface area (Å²) in [6, 6.07) is 8.98. The molecule has 0 spiro atoms. The zero-order valence-corrected chi connectivity index (χ0v) is 25.9. The fourth-order valence-corrected chi connectivity index (χ4v) is 6.35. The quantitative estimate of drug-likeness (QED) is 0.111. The highest BCUT2D eigenvalue weighted by atomic mass is 35.5. The Balaban J connectivity index is 1.47. The van der Waals surface area contributed by atoms with Gasteiger partial charge in [0.15, 0.2) is 5.82 Å². The number of rotatable bonds is 13. The molecule has 3 unspecified atom stereocenters. The van der Waals surface area contributed by atoms with Crippen molar-refractivity contribution in [2.24, 2.45) is 5.92 Å². The number of benzene rings is 1. The van der Waals surface area contributed by atoms with Gasteiger partial charge in [0.05, 0.1) is 25.2 Å². The van der Waals surface area contributed by atoms with Crippen molar-refractivity contribution in [1.82, 2.24) is 24.5 Å². The van der Waals surface area contributed by atoms with E-state index in [4.69, 9.17) is 30.1 Å². The highest BCUT2D eigenvalue weighted by molar-refractivity contribution is 7.96. The zero-order valence-electron chi connectivity index (χ0n) is 23.5. The molecule has 1 saturated heterocycles. The average molecular weight is 611 g/mol. The Labute approximate surface area is 245 Å². The third-order valence-corrected chi connectivity index (χ3v) is 8.59. The maximum atomic E-state index is 12.3. The van der Waals surface area contributed by atoms with Crippen LogP contribution in [0.5, 0.6) is 5.75 Å². The second-order valence-corrected chi connectivity index (χ2v) is 12.1. The number of esters is 1. The van der Waals surface area contributed by atoms with Gasteiger partial charge in [0, 0.05) is 23.7 Å². The van der Waals surface area contributed by atoms with Crippen molar-refractivity contribution in [2.45, 2.75) is 52.0 Å². The van der Waals surface area contributed by atoms with E-state index < -0.39 is 20.0 Å². The monoisotopic (exact) mass is 610 g/mol. The largest absolute Gasteiger partial charge is 0.468 e. The number of carbonyl (C=O) groups excluding carboxylic acids is 1. The summed E-state index contributed by atoms with van der Waals surface area (Å²) in [5.74, 6) is 1.16. The van der Waals surface area contributed by atoms with E-state index in [2.05, 4.69) is 38.3 Å². The number of methoxy groups -OCH3 is 1. The number of hydrazine groups is 1. The third-order valence-electron chi connectivity index (χ3n) is 6.44. The van der Waals surface area contributed by atoms with E-state index in [0.29, 0.717) is 10.8 Å². The molecule has 0 saturated carbocycles. The first-order valence-electron chi connectivity index (χ1n) is 12.9. The average Bonchev–Trinajstić information content (AvgIpc) is 3.53. The minimum Gasteiger partial charge on any atom is -0.468 e. The van der Waals surface area contributed by atoms with Gasteiger partial charge in [-0.3, -0.25) is 9.80 Å². The molecular formula is C26H36ClN6O5PS. The minimum absolute atomic E-state index is 0.189. The summed E-state index contributed by atoms with van der Waals surface area (Å²) in [6.07, 6.45) is 5.92. The van der Waals surface area contributed by atoms with Gasteiger partial charge in [0.2, 0.25) is 0 Å². The fraction of sp³-hybridized carbons (Fsp3) is 0.500. The zero-order chi connectivity index (χ0) is 28.9. The van der Waals surface area contributed by atoms with Crippen LogP contribution in [0.1, 0.15) is 40.3 Å². The predicted molar refractivity (Wildman–Crippen MR) is 159 cm³/mol. The molecule has 0 radical (unpaired) electrons. The van der Waals surface area contributed by atoms with Crippen LogP contribution in [0.15, 0.2) is 42.9 Å². The molecule has 2 N–H and O–H groups in total. The van der Waals surface area contributed by atoms with Gasteiger partial charge in [0.1, 0.15) is 29.5 Å². The molecule has 1 aliphatic heterocycles. The molecule has 4 rings (SSSR count). The molecule has 0 aliphatic carbocycles. The van der Waals surface area contributed by atoms with E-state index in [0.717, 1.165) is 29.8 Å². The van der Waals surface area contributed by atoms with Crippen LogP contribution in [0.25, 0.3) is 11.0 Å². The molecule has 0 bridgehead atoms. The summed E-state index contributed by atoms with van der Waals surface area (Å²) in [7, 11) is -0.376. The van der Waals surface area contributed by atoms with Gasteiger partial charge in [-0.05, 0) is 63.8 Å². The van der Waals surface area contributed by atoms with E-state index in [1.54, 1.807) is 44.4 Å². The van der Waals surface area contributed by atoms with Gasteiger partial charge in [-0.1, -0.05) is 30.5 Å². The van der Waals surface area contributed by atoms with Crippen molar-refractivity contribution < 1.29 is 23.3 Å². The van der Waals surface area contributed by atoms with Crippen LogP contribution < -0.4 is 19.5 Å². The first-order valence-corrected chi connectivity index (χ1v) is 15.7. The number of carbonyl (C=O) groups is 1. The summed E-state index contributed by atoms with van der Waals surface area (Å²) >= 11 is 7.53. The minimum atomic E-state index is -1.72. The SMILES string of the molecule is CCN(NSC)c1ncnc2c1ccn2[C@@H]1OC(COP(NC(C)(C)C(=O)OC)Oc2ccc(Cl)cc2)CC1C. The van der Waals surface area contributed by atoms with Crippen molar-refractivity contribution in [3.05, 3.63) is 47.9 Å². The summed E-state index contributed by atoms with van der Waals surface area (Å²) in [5, 5.41) is 6.68. The molecular weight excluding hydrogens is 575 g/mol. The second-order valence-electron chi connectivity index (χ2n) is 9.89. The Hall–Kier alpha value is -2.18. The van der Waals surface area contributed by atoms with Crippen molar-refractivity contribution in [2.75, 3.05) is 31.5 Å². The first-order chi connectivity index (χ1) is 19.2. The van der Waals surface area contributed by atoms with Crippen molar-refractivity contribution in [3.8, 4) is 5.75 Å². The van der Waals surface area contributed by atoms with Crippen LogP contribution >= 0.6 is 32.1 Å². The molecule has 1 aliphatic rings. The van der Waals surface area contributed by atoms with Gasteiger partial charge in [-0.2, -0.15) is 4.83 Å². The topological polar surface area (TPSA) is 112 Å². The Morgan fingerprint density at radius 2 is 2.05 bits per heavy atom. The lowest BCUT2D eigenvalue weighted by Gasteiger charge is -2.28. The van der Waals surface area contributed by atoms with Crippen LogP contribution in [-0.2, 0) is 18.8 Å². The number of hydrogen-bond donors (Lipinski definition) is 2. The molecule has 14 heteroatoms. The first kappa shape index (κ1) is 30.8. The number of nitrogens with one attached hydrogen (secondary N) is 2. The summed E-state index contributed by atoms with van der Waals surface area (Å²) in [5.41, 5.74) is -0.224. The third kappa shape index (κ3) is 7.17. The number of halogens is 1. The molecule has 218 valence electrons. The molecule has 3 aromatic rings. The molecule has 11 nitrogen and oxygen atoms in total. The highest BCUT2D eigenvalue weighted by Gasteiger charge is 2.37. The van der Waals surface area contributed by atoms with Gasteiger partial charge in [0.25, 0.3) is 0 Å². The van der Waals surface area contributed by atoms with E-state index in [1.807, 2.05) is 23.5 Å². The highest BCUT2D eigenvalue weighted by Crippen LogP contribution is 2.42. The maximum absolute atomic E-state index is 12.3. The van der Waals surface area contributed by atoms with Crippen molar-refractivity contribution in [3.63, 3.8) is 0 Å². The van der Waals surface area contributed by atoms with Crippen molar-refractivity contribution >= 4 is 54.9 Å². The molecule has 4 atom stereocenters. The van der Waals surface area contributed by atoms with Gasteiger partial charge < -0.3 is 23.1 Å². The number of hydrogen-bond acceptors (Lipinski definition) is 11. The van der Waals surface area contributed by atoms with Crippen LogP contribution in [0.3, 0.4) is 0 Å². The fourth-order valence-electron chi connectivity index (χ4n) is 4.46. The predicted octanol–water partition coefficient (Wildman–Crippen LogP) is 5.48. The normalized spacial score (nSPS) is 20.0. The van der Waals surface area contributed by atoms with Gasteiger partial charge in [-0.25, -0.2) is 15.1 Å². The lowest BCUT2D eigenvalue weighted by atomic mass is 10.1. The van der Waals surface area contributed by atoms with Crippen LogP contribution in [0.2, 0.25) is 5.02 Å². The number of ether oxygens (including phenoxy) is 2. The van der Waals surface area contributed by atoms with Crippen LogP contribution in [-0.4, -0.2) is 58.7 Å². The maximum Gasteiger partial charge on any atom is 0.325 e. The second kappa shape index (κ2) is 13.7. The van der Waals surface area contributed by atoms with E-state index >= 15 is 0 Å². The Bertz CT molecular complexity index is 1280. The lowest BCUT2D eigenvalue weighted by Crippen LogP contribution is -2.45. The number of anilines is 1. The molecule has 0 amide bonds. The van der Waals surface area contributed by atoms with Crippen LogP contribution in [0.4, 0.5) is 5.82 Å². The number of aromatic nitrogens is 3. The Morgan fingerprint density at radius 3 is 2.73 bits per heavy atom. The molecule has 1 fully saturated rings. The smallest absolute Gasteiger partial charge is 0.325 e. The van der Waals surface area contributed by atoms with E-state index in [9.17, 15) is 4.79 Å². The molecule has 3 heterocycles.